The summed E-state index contributed by atoms with van der Waals surface area (Å²) in [5.41, 5.74) is 0.288. The van der Waals surface area contributed by atoms with Crippen LogP contribution in [0.5, 0.6) is 0 Å². The van der Waals surface area contributed by atoms with Gasteiger partial charge in [0.15, 0.2) is 0 Å². The average Bonchev–Trinajstić information content (AvgIpc) is 2.40. The molecule has 1 amide bonds. The van der Waals surface area contributed by atoms with Gasteiger partial charge in [0.05, 0.1) is 17.6 Å². The second-order valence-electron chi connectivity index (χ2n) is 5.05. The molecular weight excluding hydrogens is 246 g/mol. The van der Waals surface area contributed by atoms with Crippen LogP contribution in [0.2, 0.25) is 0 Å². The van der Waals surface area contributed by atoms with Gasteiger partial charge < -0.3 is 15.2 Å². The largest absolute Gasteiger partial charge is 0.478 e. The molecule has 0 saturated carbocycles. The van der Waals surface area contributed by atoms with Crippen LogP contribution in [-0.4, -0.2) is 30.2 Å². The third-order valence-corrected chi connectivity index (χ3v) is 3.38. The number of anilines is 1. The maximum Gasteiger partial charge on any atom is 0.335 e. The first-order valence-corrected chi connectivity index (χ1v) is 6.24. The number of nitrogens with one attached hydrogen (secondary N) is 1. The summed E-state index contributed by atoms with van der Waals surface area (Å²) in [7, 11) is 0. The van der Waals surface area contributed by atoms with E-state index in [9.17, 15) is 9.59 Å². The van der Waals surface area contributed by atoms with Crippen LogP contribution < -0.4 is 5.32 Å². The molecule has 0 aliphatic carbocycles. The molecule has 1 heterocycles. The molecule has 19 heavy (non-hydrogen) atoms. The highest BCUT2D eigenvalue weighted by Crippen LogP contribution is 2.29. The Morgan fingerprint density at radius 1 is 1.32 bits per heavy atom. The highest BCUT2D eigenvalue weighted by molar-refractivity contribution is 5.96. The summed E-state index contributed by atoms with van der Waals surface area (Å²) < 4.78 is 5.36. The van der Waals surface area contributed by atoms with Crippen molar-refractivity contribution in [1.82, 2.24) is 0 Å². The Bertz CT molecular complexity index is 475. The van der Waals surface area contributed by atoms with Crippen LogP contribution in [0.1, 0.15) is 30.1 Å². The molecule has 0 spiro atoms. The van der Waals surface area contributed by atoms with E-state index >= 15 is 0 Å². The van der Waals surface area contributed by atoms with Gasteiger partial charge in [0.1, 0.15) is 0 Å². The minimum atomic E-state index is -0.981. The van der Waals surface area contributed by atoms with Crippen molar-refractivity contribution in [3.05, 3.63) is 29.8 Å². The van der Waals surface area contributed by atoms with Crippen LogP contribution >= 0.6 is 0 Å². The number of amides is 1. The maximum absolute atomic E-state index is 12.2. The van der Waals surface area contributed by atoms with E-state index in [1.807, 2.05) is 6.92 Å². The zero-order chi connectivity index (χ0) is 13.9. The summed E-state index contributed by atoms with van der Waals surface area (Å²) >= 11 is 0. The number of hydrogen-bond acceptors (Lipinski definition) is 3. The number of carbonyl (C=O) groups is 2. The van der Waals surface area contributed by atoms with Gasteiger partial charge in [-0.1, -0.05) is 0 Å². The molecule has 5 heteroatoms. The summed E-state index contributed by atoms with van der Waals surface area (Å²) in [6.07, 6.45) is 1.67. The zero-order valence-electron chi connectivity index (χ0n) is 10.8. The molecule has 2 N–H and O–H groups in total. The van der Waals surface area contributed by atoms with Gasteiger partial charge in [0, 0.05) is 12.3 Å². The molecule has 1 aromatic carbocycles. The molecule has 0 bridgehead atoms. The maximum atomic E-state index is 12.2. The quantitative estimate of drug-likeness (QED) is 0.876. The molecule has 102 valence electrons. The van der Waals surface area contributed by atoms with Crippen molar-refractivity contribution >= 4 is 17.6 Å². The summed E-state index contributed by atoms with van der Waals surface area (Å²) in [6.45, 7) is 3.01. The Labute approximate surface area is 111 Å². The van der Waals surface area contributed by atoms with Crippen LogP contribution in [0.25, 0.3) is 0 Å². The van der Waals surface area contributed by atoms with Gasteiger partial charge in [-0.2, -0.15) is 0 Å². The van der Waals surface area contributed by atoms with E-state index in [0.717, 1.165) is 12.8 Å². The third kappa shape index (κ3) is 3.12. The minimum absolute atomic E-state index is 0.0877. The predicted molar refractivity (Wildman–Crippen MR) is 70.2 cm³/mol. The van der Waals surface area contributed by atoms with Gasteiger partial charge in [-0.25, -0.2) is 4.79 Å². The van der Waals surface area contributed by atoms with Gasteiger partial charge in [0.25, 0.3) is 0 Å². The van der Waals surface area contributed by atoms with Gasteiger partial charge in [0.2, 0.25) is 5.91 Å². The molecule has 1 fully saturated rings. The first-order valence-electron chi connectivity index (χ1n) is 6.24. The third-order valence-electron chi connectivity index (χ3n) is 3.38. The molecule has 1 atom stereocenters. The summed E-state index contributed by atoms with van der Waals surface area (Å²) in [5, 5.41) is 11.6. The van der Waals surface area contributed by atoms with Crippen molar-refractivity contribution < 1.29 is 19.4 Å². The molecule has 1 aromatic rings. The van der Waals surface area contributed by atoms with Gasteiger partial charge in [-0.05, 0) is 44.0 Å². The standard InChI is InChI=1S/C14H17NO4/c1-14(7-2-8-19-9-14)13(18)15-11-5-3-10(4-6-11)12(16)17/h3-6H,2,7-9H2,1H3,(H,15,18)(H,16,17). The number of aromatic carboxylic acids is 1. The Balaban J connectivity index is 2.04. The molecule has 1 aliphatic heterocycles. The monoisotopic (exact) mass is 263 g/mol. The molecule has 0 radical (unpaired) electrons. The van der Waals surface area contributed by atoms with Crippen molar-refractivity contribution in [1.29, 1.82) is 0 Å². The fraction of sp³-hybridized carbons (Fsp3) is 0.429. The van der Waals surface area contributed by atoms with E-state index in [2.05, 4.69) is 5.32 Å². The van der Waals surface area contributed by atoms with Gasteiger partial charge in [-0.3, -0.25) is 4.79 Å². The van der Waals surface area contributed by atoms with E-state index < -0.39 is 11.4 Å². The lowest BCUT2D eigenvalue weighted by Gasteiger charge is -2.31. The summed E-state index contributed by atoms with van der Waals surface area (Å²) in [5.74, 6) is -1.07. The Hall–Kier alpha value is -1.88. The van der Waals surface area contributed by atoms with E-state index in [0.29, 0.717) is 18.9 Å². The number of carboxylic acids is 1. The number of carboxylic acid groups (broad SMARTS) is 1. The Morgan fingerprint density at radius 2 is 2.00 bits per heavy atom. The van der Waals surface area contributed by atoms with Crippen molar-refractivity contribution in [3.63, 3.8) is 0 Å². The van der Waals surface area contributed by atoms with Crippen LogP contribution in [0.15, 0.2) is 24.3 Å². The molecule has 1 saturated heterocycles. The fourth-order valence-corrected chi connectivity index (χ4v) is 2.09. The molecular formula is C14H17NO4. The summed E-state index contributed by atoms with van der Waals surface area (Å²) in [6, 6.07) is 6.12. The van der Waals surface area contributed by atoms with Gasteiger partial charge in [-0.15, -0.1) is 0 Å². The number of carbonyl (C=O) groups excluding carboxylic acids is 1. The zero-order valence-corrected chi connectivity index (χ0v) is 10.8. The molecule has 0 aromatic heterocycles. The van der Waals surface area contributed by atoms with E-state index in [-0.39, 0.29) is 11.5 Å². The van der Waals surface area contributed by atoms with Gasteiger partial charge >= 0.3 is 5.97 Å². The predicted octanol–water partition coefficient (Wildman–Crippen LogP) is 2.14. The van der Waals surface area contributed by atoms with E-state index in [1.165, 1.54) is 12.1 Å². The normalized spacial score (nSPS) is 22.8. The second-order valence-corrected chi connectivity index (χ2v) is 5.05. The number of benzene rings is 1. The SMILES string of the molecule is CC1(C(=O)Nc2ccc(C(=O)O)cc2)CCCOC1. The van der Waals surface area contributed by atoms with Crippen molar-refractivity contribution in [2.45, 2.75) is 19.8 Å². The van der Waals surface area contributed by atoms with Crippen molar-refractivity contribution in [2.75, 3.05) is 18.5 Å². The fourth-order valence-electron chi connectivity index (χ4n) is 2.09. The smallest absolute Gasteiger partial charge is 0.335 e. The molecule has 2 rings (SSSR count). The lowest BCUT2D eigenvalue weighted by atomic mass is 9.84. The Kier molecular flexibility index (Phi) is 3.85. The minimum Gasteiger partial charge on any atom is -0.478 e. The highest BCUT2D eigenvalue weighted by Gasteiger charge is 2.35. The van der Waals surface area contributed by atoms with Crippen LogP contribution in [0, 0.1) is 5.41 Å². The highest BCUT2D eigenvalue weighted by atomic mass is 16.5. The van der Waals surface area contributed by atoms with E-state index in [4.69, 9.17) is 9.84 Å². The average molecular weight is 263 g/mol. The second kappa shape index (κ2) is 5.40. The van der Waals surface area contributed by atoms with Crippen molar-refractivity contribution in [2.24, 2.45) is 5.41 Å². The number of rotatable bonds is 3. The first kappa shape index (κ1) is 13.5. The van der Waals surface area contributed by atoms with Crippen LogP contribution in [0.4, 0.5) is 5.69 Å². The van der Waals surface area contributed by atoms with Crippen LogP contribution in [-0.2, 0) is 9.53 Å². The number of ether oxygens (including phenoxy) is 1. The lowest BCUT2D eigenvalue weighted by Crippen LogP contribution is -2.40. The molecule has 5 nitrogen and oxygen atoms in total. The lowest BCUT2D eigenvalue weighted by molar-refractivity contribution is -0.131. The first-order chi connectivity index (χ1) is 9.01. The summed E-state index contributed by atoms with van der Waals surface area (Å²) in [4.78, 5) is 22.9. The molecule has 1 unspecified atom stereocenters. The number of hydrogen-bond donors (Lipinski definition) is 2. The topological polar surface area (TPSA) is 75.6 Å². The Morgan fingerprint density at radius 3 is 2.53 bits per heavy atom. The van der Waals surface area contributed by atoms with Crippen LogP contribution in [0.3, 0.4) is 0 Å². The van der Waals surface area contributed by atoms with Crippen molar-refractivity contribution in [3.8, 4) is 0 Å². The molecule has 1 aliphatic rings. The van der Waals surface area contributed by atoms with E-state index in [1.54, 1.807) is 12.1 Å².